The fourth-order valence-corrected chi connectivity index (χ4v) is 2.52. The molecule has 1 saturated heterocycles. The second-order valence-electron chi connectivity index (χ2n) is 5.22. The van der Waals surface area contributed by atoms with Gasteiger partial charge in [0, 0.05) is 45.8 Å². The van der Waals surface area contributed by atoms with E-state index in [1.165, 1.54) is 0 Å². The number of hydrogen-bond acceptors (Lipinski definition) is 2. The molecule has 1 aromatic rings. The van der Waals surface area contributed by atoms with Crippen molar-refractivity contribution in [2.75, 3.05) is 26.7 Å². The Kier molecular flexibility index (Phi) is 4.74. The maximum absolute atomic E-state index is 12.2. The van der Waals surface area contributed by atoms with Crippen LogP contribution in [0.1, 0.15) is 24.3 Å². The lowest BCUT2D eigenvalue weighted by atomic mass is 10.0. The smallest absolute Gasteiger partial charge is 0.356 e. The van der Waals surface area contributed by atoms with Gasteiger partial charge in [-0.1, -0.05) is 0 Å². The molecule has 0 radical (unpaired) electrons. The van der Waals surface area contributed by atoms with Gasteiger partial charge in [0.15, 0.2) is 5.96 Å². The van der Waals surface area contributed by atoms with Crippen LogP contribution in [0.2, 0.25) is 0 Å². The van der Waals surface area contributed by atoms with E-state index in [0.717, 1.165) is 25.1 Å². The van der Waals surface area contributed by atoms with Crippen LogP contribution in [0.5, 0.6) is 0 Å². The molecule has 1 atom stereocenters. The second-order valence-corrected chi connectivity index (χ2v) is 5.22. The largest absolute Gasteiger partial charge is 0.390 e. The number of nitrogens with one attached hydrogen (secondary N) is 1. The lowest BCUT2D eigenvalue weighted by molar-refractivity contribution is -0.132. The van der Waals surface area contributed by atoms with Crippen LogP contribution >= 0.6 is 0 Å². The molecular weight excluding hydrogens is 283 g/mol. The third-order valence-electron chi connectivity index (χ3n) is 3.59. The van der Waals surface area contributed by atoms with Crippen molar-refractivity contribution in [1.29, 1.82) is 0 Å². The van der Waals surface area contributed by atoms with Gasteiger partial charge in [0.1, 0.15) is 0 Å². The number of likely N-dealkylation sites (tertiary alicyclic amines) is 1. The van der Waals surface area contributed by atoms with Crippen LogP contribution in [0.3, 0.4) is 0 Å². The maximum Gasteiger partial charge on any atom is 0.390 e. The number of halogens is 3. The molecule has 2 heterocycles. The first-order valence-electron chi connectivity index (χ1n) is 6.90. The predicted octanol–water partition coefficient (Wildman–Crippen LogP) is 1.74. The first-order valence-corrected chi connectivity index (χ1v) is 6.90. The molecule has 1 fully saturated rings. The average molecular weight is 303 g/mol. The van der Waals surface area contributed by atoms with Crippen molar-refractivity contribution < 1.29 is 13.2 Å². The number of aliphatic imine (C=N–C) groups is 1. The molecule has 0 aliphatic carbocycles. The summed E-state index contributed by atoms with van der Waals surface area (Å²) in [5.74, 6) is 0.880. The Hall–Kier alpha value is -1.73. The topological polar surface area (TPSA) is 45.5 Å². The zero-order chi connectivity index (χ0) is 15.5. The van der Waals surface area contributed by atoms with Crippen molar-refractivity contribution >= 4 is 5.96 Å². The highest BCUT2D eigenvalue weighted by molar-refractivity contribution is 5.80. The summed E-state index contributed by atoms with van der Waals surface area (Å²) in [5.41, 5.74) is 1.16. The third kappa shape index (κ3) is 4.37. The van der Waals surface area contributed by atoms with E-state index in [9.17, 15) is 13.2 Å². The normalized spacial score (nSPS) is 20.1. The Bertz CT molecular complexity index is 494. The summed E-state index contributed by atoms with van der Waals surface area (Å²) >= 11 is 0. The van der Waals surface area contributed by atoms with Gasteiger partial charge < -0.3 is 10.2 Å². The molecule has 0 amide bonds. The van der Waals surface area contributed by atoms with Gasteiger partial charge in [0.05, 0.1) is 12.6 Å². The number of rotatable bonds is 3. The fourth-order valence-electron chi connectivity index (χ4n) is 2.52. The molecule has 0 bridgehead atoms. The van der Waals surface area contributed by atoms with Crippen LogP contribution < -0.4 is 5.32 Å². The Morgan fingerprint density at radius 1 is 1.52 bits per heavy atom. The number of guanidine groups is 1. The van der Waals surface area contributed by atoms with Crippen molar-refractivity contribution in [3.05, 3.63) is 18.0 Å². The molecule has 1 unspecified atom stereocenters. The zero-order valence-corrected chi connectivity index (χ0v) is 12.2. The van der Waals surface area contributed by atoms with Crippen LogP contribution in [0.4, 0.5) is 13.2 Å². The number of alkyl halides is 3. The number of hydrogen-bond donors (Lipinski definition) is 1. The standard InChI is InChI=1S/C13H20F3N5/c1-17-12(18-5-4-13(14,15)16)21-6-3-10(9-21)11-7-19-20(2)8-11/h7-8,10H,3-6,9H2,1-2H3,(H,17,18). The van der Waals surface area contributed by atoms with Crippen molar-refractivity contribution in [3.63, 3.8) is 0 Å². The van der Waals surface area contributed by atoms with Crippen molar-refractivity contribution in [1.82, 2.24) is 20.0 Å². The van der Waals surface area contributed by atoms with Crippen LogP contribution in [0.25, 0.3) is 0 Å². The molecule has 1 aliphatic heterocycles. The van der Waals surface area contributed by atoms with Crippen LogP contribution in [0.15, 0.2) is 17.4 Å². The van der Waals surface area contributed by atoms with Crippen LogP contribution in [-0.4, -0.2) is 53.5 Å². The summed E-state index contributed by atoms with van der Waals surface area (Å²) in [4.78, 5) is 6.06. The van der Waals surface area contributed by atoms with Crippen molar-refractivity contribution in [3.8, 4) is 0 Å². The summed E-state index contributed by atoms with van der Waals surface area (Å²) in [7, 11) is 3.46. The minimum Gasteiger partial charge on any atom is -0.356 e. The van der Waals surface area contributed by atoms with E-state index >= 15 is 0 Å². The van der Waals surface area contributed by atoms with Crippen molar-refractivity contribution in [2.24, 2.45) is 12.0 Å². The lowest BCUT2D eigenvalue weighted by Crippen LogP contribution is -2.41. The number of aryl methyl sites for hydroxylation is 1. The molecule has 1 N–H and O–H groups in total. The second kappa shape index (κ2) is 6.36. The molecule has 0 aromatic carbocycles. The minimum atomic E-state index is -4.14. The molecule has 21 heavy (non-hydrogen) atoms. The van der Waals surface area contributed by atoms with Gasteiger partial charge in [0.2, 0.25) is 0 Å². The van der Waals surface area contributed by atoms with Crippen LogP contribution in [0, 0.1) is 0 Å². The molecule has 1 aromatic heterocycles. The Labute approximate surface area is 121 Å². The summed E-state index contributed by atoms with van der Waals surface area (Å²) < 4.78 is 38.3. The van der Waals surface area contributed by atoms with Gasteiger partial charge >= 0.3 is 6.18 Å². The SMILES string of the molecule is CN=C(NCCC(F)(F)F)N1CCC(c2cnn(C)c2)C1. The summed E-state index contributed by atoms with van der Waals surface area (Å²) in [5, 5.41) is 6.94. The highest BCUT2D eigenvalue weighted by Gasteiger charge is 2.29. The monoisotopic (exact) mass is 303 g/mol. The first-order chi connectivity index (χ1) is 9.89. The first kappa shape index (κ1) is 15.7. The van der Waals surface area contributed by atoms with Crippen LogP contribution in [-0.2, 0) is 7.05 Å². The van der Waals surface area contributed by atoms with E-state index in [-0.39, 0.29) is 6.54 Å². The van der Waals surface area contributed by atoms with Gasteiger partial charge in [-0.05, 0) is 12.0 Å². The van der Waals surface area contributed by atoms with Gasteiger partial charge in [-0.25, -0.2) is 0 Å². The molecular formula is C13H20F3N5. The molecule has 8 heteroatoms. The maximum atomic E-state index is 12.2. The molecule has 118 valence electrons. The Balaban J connectivity index is 1.87. The summed E-state index contributed by atoms with van der Waals surface area (Å²) in [6.07, 6.45) is -0.227. The Morgan fingerprint density at radius 3 is 2.86 bits per heavy atom. The fraction of sp³-hybridized carbons (Fsp3) is 0.692. The van der Waals surface area contributed by atoms with E-state index in [1.807, 2.05) is 24.3 Å². The summed E-state index contributed by atoms with van der Waals surface area (Å²) in [6, 6.07) is 0. The minimum absolute atomic E-state index is 0.149. The average Bonchev–Trinajstić information content (AvgIpc) is 3.02. The highest BCUT2D eigenvalue weighted by atomic mass is 19.4. The van der Waals surface area contributed by atoms with E-state index in [4.69, 9.17) is 0 Å². The van der Waals surface area contributed by atoms with Crippen molar-refractivity contribution in [2.45, 2.75) is 24.9 Å². The molecule has 0 saturated carbocycles. The van der Waals surface area contributed by atoms with Gasteiger partial charge in [-0.15, -0.1) is 0 Å². The zero-order valence-electron chi connectivity index (χ0n) is 12.2. The van der Waals surface area contributed by atoms with E-state index in [1.54, 1.807) is 11.7 Å². The predicted molar refractivity (Wildman–Crippen MR) is 74.2 cm³/mol. The molecule has 0 spiro atoms. The number of nitrogens with zero attached hydrogens (tertiary/aromatic N) is 4. The Morgan fingerprint density at radius 2 is 2.29 bits per heavy atom. The molecule has 1 aliphatic rings. The van der Waals surface area contributed by atoms with Gasteiger partial charge in [-0.3, -0.25) is 9.67 Å². The highest BCUT2D eigenvalue weighted by Crippen LogP contribution is 2.26. The van der Waals surface area contributed by atoms with Gasteiger partial charge in [0.25, 0.3) is 0 Å². The summed E-state index contributed by atoms with van der Waals surface area (Å²) in [6.45, 7) is 1.38. The van der Waals surface area contributed by atoms with E-state index in [0.29, 0.717) is 11.9 Å². The molecule has 5 nitrogen and oxygen atoms in total. The number of aromatic nitrogens is 2. The third-order valence-corrected chi connectivity index (χ3v) is 3.59. The van der Waals surface area contributed by atoms with Gasteiger partial charge in [-0.2, -0.15) is 18.3 Å². The van der Waals surface area contributed by atoms with E-state index < -0.39 is 12.6 Å². The lowest BCUT2D eigenvalue weighted by Gasteiger charge is -2.21. The van der Waals surface area contributed by atoms with E-state index in [2.05, 4.69) is 15.4 Å². The molecule has 2 rings (SSSR count). The quantitative estimate of drug-likeness (QED) is 0.683.